The predicted molar refractivity (Wildman–Crippen MR) is 75.8 cm³/mol. The fourth-order valence-electron chi connectivity index (χ4n) is 1.55. The Kier molecular flexibility index (Phi) is 6.13. The molecule has 0 saturated carbocycles. The normalized spacial score (nSPS) is 12.5. The van der Waals surface area contributed by atoms with Crippen molar-refractivity contribution in [2.45, 2.75) is 19.9 Å². The van der Waals surface area contributed by atoms with Crippen LogP contribution in [-0.2, 0) is 9.53 Å². The summed E-state index contributed by atoms with van der Waals surface area (Å²) in [7, 11) is 1.32. The number of carbonyl (C=O) groups excluding carboxylic acids is 1. The highest BCUT2D eigenvalue weighted by Gasteiger charge is 2.37. The Balaban J connectivity index is 0.00000289. The van der Waals surface area contributed by atoms with Crippen molar-refractivity contribution in [3.63, 3.8) is 0 Å². The molecule has 0 radical (unpaired) electrons. The minimum Gasteiger partial charge on any atom is -0.508 e. The number of phenols is 1. The largest absolute Gasteiger partial charge is 0.508 e. The maximum Gasteiger partial charge on any atom is 0.313 e. The molecule has 1 atom stereocenters. The summed E-state index contributed by atoms with van der Waals surface area (Å²) in [6.07, 6.45) is 0. The summed E-state index contributed by atoms with van der Waals surface area (Å²) in [5.41, 5.74) is 5.64. The molecule has 0 amide bonds. The quantitative estimate of drug-likeness (QED) is 0.831. The lowest BCUT2D eigenvalue weighted by atomic mass is 9.81. The maximum absolute atomic E-state index is 11.6. The van der Waals surface area contributed by atoms with Crippen molar-refractivity contribution < 1.29 is 14.6 Å². The van der Waals surface area contributed by atoms with E-state index < -0.39 is 17.4 Å². The number of benzene rings is 1. The molecular weight excluding hydrogens is 321 g/mol. The second kappa shape index (κ2) is 6.41. The summed E-state index contributed by atoms with van der Waals surface area (Å²) in [5.74, 6) is -0.345. The second-order valence-electron chi connectivity index (χ2n) is 4.39. The van der Waals surface area contributed by atoms with E-state index in [1.807, 2.05) is 0 Å². The molecule has 0 fully saturated rings. The van der Waals surface area contributed by atoms with Gasteiger partial charge in [0.1, 0.15) is 5.75 Å². The predicted octanol–water partition coefficient (Wildman–Crippen LogP) is 2.78. The second-order valence-corrected chi connectivity index (χ2v) is 5.31. The summed E-state index contributed by atoms with van der Waals surface area (Å²) in [5, 5.41) is 9.77. The van der Waals surface area contributed by atoms with E-state index >= 15 is 0 Å². The number of rotatable bonds is 3. The topological polar surface area (TPSA) is 72.5 Å². The average Bonchev–Trinajstić information content (AvgIpc) is 2.30. The number of esters is 1. The summed E-state index contributed by atoms with van der Waals surface area (Å²) in [6, 6.07) is 4.29. The number of aromatic hydroxyl groups is 1. The van der Waals surface area contributed by atoms with Crippen molar-refractivity contribution in [3.05, 3.63) is 28.2 Å². The monoisotopic (exact) mass is 337 g/mol. The number of carbonyl (C=O) groups is 1. The van der Waals surface area contributed by atoms with Crippen molar-refractivity contribution >= 4 is 34.3 Å². The Labute approximate surface area is 121 Å². The van der Waals surface area contributed by atoms with Gasteiger partial charge >= 0.3 is 5.97 Å². The lowest BCUT2D eigenvalue weighted by molar-refractivity contribution is -0.152. The number of ether oxygens (including phenoxy) is 1. The van der Waals surface area contributed by atoms with Gasteiger partial charge in [0.25, 0.3) is 0 Å². The Morgan fingerprint density at radius 1 is 1.50 bits per heavy atom. The molecule has 4 nitrogen and oxygen atoms in total. The molecule has 0 heterocycles. The van der Waals surface area contributed by atoms with Crippen molar-refractivity contribution in [3.8, 4) is 5.75 Å². The first-order valence-corrected chi connectivity index (χ1v) is 5.92. The molecule has 102 valence electrons. The minimum atomic E-state index is -0.910. The third-order valence-corrected chi connectivity index (χ3v) is 3.31. The standard InChI is InChI=1S/C12H16BrNO3.ClH/c1-12(2,11(16)17-3)10(14)8-6-7(13)4-5-9(8)15;/h4-6,10,15H,14H2,1-3H3;1H/t10-;/m1./s1. The highest BCUT2D eigenvalue weighted by Crippen LogP contribution is 2.37. The highest BCUT2D eigenvalue weighted by molar-refractivity contribution is 9.10. The molecule has 0 aliphatic heterocycles. The van der Waals surface area contributed by atoms with Crippen LogP contribution in [0.1, 0.15) is 25.5 Å². The number of phenolic OH excluding ortho intramolecular Hbond substituents is 1. The van der Waals surface area contributed by atoms with Crippen molar-refractivity contribution in [2.24, 2.45) is 11.1 Å². The van der Waals surface area contributed by atoms with Crippen LogP contribution in [0.25, 0.3) is 0 Å². The Bertz CT molecular complexity index is 437. The SMILES string of the molecule is COC(=O)C(C)(C)[C@H](N)c1cc(Br)ccc1O.Cl. The molecule has 0 spiro atoms. The van der Waals surface area contributed by atoms with E-state index in [9.17, 15) is 9.90 Å². The van der Waals surface area contributed by atoms with Crippen LogP contribution in [0.3, 0.4) is 0 Å². The zero-order valence-electron chi connectivity index (χ0n) is 10.4. The zero-order valence-corrected chi connectivity index (χ0v) is 12.8. The van der Waals surface area contributed by atoms with E-state index in [2.05, 4.69) is 15.9 Å². The maximum atomic E-state index is 11.6. The van der Waals surface area contributed by atoms with E-state index in [1.165, 1.54) is 13.2 Å². The number of hydrogen-bond acceptors (Lipinski definition) is 4. The van der Waals surface area contributed by atoms with Gasteiger partial charge in [0.05, 0.1) is 12.5 Å². The van der Waals surface area contributed by atoms with Gasteiger partial charge in [0.15, 0.2) is 0 Å². The minimum absolute atomic E-state index is 0. The molecule has 1 aromatic carbocycles. The lowest BCUT2D eigenvalue weighted by Gasteiger charge is -2.29. The van der Waals surface area contributed by atoms with Crippen LogP contribution in [-0.4, -0.2) is 18.2 Å². The first kappa shape index (κ1) is 17.2. The molecule has 0 saturated heterocycles. The first-order valence-electron chi connectivity index (χ1n) is 5.13. The van der Waals surface area contributed by atoms with Crippen molar-refractivity contribution in [2.75, 3.05) is 7.11 Å². The van der Waals surface area contributed by atoms with Gasteiger partial charge in [0.2, 0.25) is 0 Å². The fraction of sp³-hybridized carbons (Fsp3) is 0.417. The van der Waals surface area contributed by atoms with Crippen LogP contribution < -0.4 is 5.73 Å². The van der Waals surface area contributed by atoms with E-state index in [-0.39, 0.29) is 18.2 Å². The third-order valence-electron chi connectivity index (χ3n) is 2.81. The molecular formula is C12H17BrClNO3. The van der Waals surface area contributed by atoms with Crippen LogP contribution in [0.2, 0.25) is 0 Å². The smallest absolute Gasteiger partial charge is 0.313 e. The number of halogens is 2. The van der Waals surface area contributed by atoms with Crippen LogP contribution in [0.4, 0.5) is 0 Å². The van der Waals surface area contributed by atoms with Gasteiger partial charge in [-0.05, 0) is 32.0 Å². The van der Waals surface area contributed by atoms with Gasteiger partial charge in [-0.3, -0.25) is 4.79 Å². The Hall–Kier alpha value is -0.780. The molecule has 1 rings (SSSR count). The highest BCUT2D eigenvalue weighted by atomic mass is 79.9. The van der Waals surface area contributed by atoms with Crippen LogP contribution in [0, 0.1) is 5.41 Å². The average molecular weight is 339 g/mol. The Morgan fingerprint density at radius 3 is 2.56 bits per heavy atom. The van der Waals surface area contributed by atoms with Gasteiger partial charge in [-0.15, -0.1) is 12.4 Å². The molecule has 18 heavy (non-hydrogen) atoms. The third kappa shape index (κ3) is 3.37. The summed E-state index contributed by atoms with van der Waals surface area (Å²) >= 11 is 3.30. The van der Waals surface area contributed by atoms with E-state index in [0.29, 0.717) is 5.56 Å². The summed E-state index contributed by atoms with van der Waals surface area (Å²) < 4.78 is 5.51. The van der Waals surface area contributed by atoms with E-state index in [4.69, 9.17) is 10.5 Å². The van der Waals surface area contributed by atoms with Gasteiger partial charge in [-0.1, -0.05) is 15.9 Å². The first-order chi connectivity index (χ1) is 7.80. The van der Waals surface area contributed by atoms with Crippen molar-refractivity contribution in [1.82, 2.24) is 0 Å². The molecule has 0 bridgehead atoms. The molecule has 0 aromatic heterocycles. The number of nitrogens with two attached hydrogens (primary N) is 1. The van der Waals surface area contributed by atoms with Crippen molar-refractivity contribution in [1.29, 1.82) is 0 Å². The van der Waals surface area contributed by atoms with E-state index in [1.54, 1.807) is 26.0 Å². The number of hydrogen-bond donors (Lipinski definition) is 2. The van der Waals surface area contributed by atoms with Gasteiger partial charge < -0.3 is 15.6 Å². The molecule has 0 unspecified atom stereocenters. The molecule has 0 aliphatic rings. The van der Waals surface area contributed by atoms with E-state index in [0.717, 1.165) is 4.47 Å². The lowest BCUT2D eigenvalue weighted by Crippen LogP contribution is -2.37. The van der Waals surface area contributed by atoms with Gasteiger partial charge in [-0.25, -0.2) is 0 Å². The molecule has 6 heteroatoms. The Morgan fingerprint density at radius 2 is 2.06 bits per heavy atom. The van der Waals surface area contributed by atoms with Gasteiger partial charge in [-0.2, -0.15) is 0 Å². The van der Waals surface area contributed by atoms with Crippen LogP contribution >= 0.6 is 28.3 Å². The molecule has 3 N–H and O–H groups in total. The number of methoxy groups -OCH3 is 1. The van der Waals surface area contributed by atoms with Crippen LogP contribution in [0.5, 0.6) is 5.75 Å². The summed E-state index contributed by atoms with van der Waals surface area (Å²) in [6.45, 7) is 3.37. The van der Waals surface area contributed by atoms with Crippen LogP contribution in [0.15, 0.2) is 22.7 Å². The molecule has 1 aromatic rings. The fourth-order valence-corrected chi connectivity index (χ4v) is 1.93. The van der Waals surface area contributed by atoms with Gasteiger partial charge in [0, 0.05) is 16.1 Å². The zero-order chi connectivity index (χ0) is 13.2. The molecule has 0 aliphatic carbocycles. The summed E-state index contributed by atoms with van der Waals surface area (Å²) in [4.78, 5) is 11.6.